The summed E-state index contributed by atoms with van der Waals surface area (Å²) in [6.45, 7) is 4.21. The van der Waals surface area contributed by atoms with E-state index in [2.05, 4.69) is 13.8 Å². The number of primary amides is 2. The lowest BCUT2D eigenvalue weighted by Crippen LogP contribution is -2.23. The van der Waals surface area contributed by atoms with Crippen LogP contribution in [0.1, 0.15) is 49.7 Å². The van der Waals surface area contributed by atoms with Crippen molar-refractivity contribution in [1.29, 1.82) is 0 Å². The van der Waals surface area contributed by atoms with Crippen LogP contribution in [0.3, 0.4) is 0 Å². The molecule has 18 heavy (non-hydrogen) atoms. The molecule has 0 aromatic heterocycles. The minimum absolute atomic E-state index is 0.166. The summed E-state index contributed by atoms with van der Waals surface area (Å²) in [7, 11) is 0. The van der Waals surface area contributed by atoms with Gasteiger partial charge < -0.3 is 11.5 Å². The number of hydrogen-bond acceptors (Lipinski definition) is 2. The van der Waals surface area contributed by atoms with Crippen LogP contribution in [0.25, 0.3) is 0 Å². The minimum atomic E-state index is -0.446. The number of carbonyl (C=O) groups excluding carboxylic acids is 2. The van der Waals surface area contributed by atoms with Gasteiger partial charge in [0.15, 0.2) is 0 Å². The van der Waals surface area contributed by atoms with Crippen LogP contribution in [0.5, 0.6) is 0 Å². The molecule has 2 amide bonds. The predicted molar refractivity (Wildman–Crippen MR) is 70.9 cm³/mol. The zero-order chi connectivity index (χ0) is 13.7. The molecule has 1 rings (SSSR count). The lowest BCUT2D eigenvalue weighted by Gasteiger charge is -2.14. The van der Waals surface area contributed by atoms with Gasteiger partial charge in [-0.05, 0) is 23.5 Å². The first-order chi connectivity index (χ1) is 8.41. The number of rotatable bonds is 6. The fraction of sp³-hybridized carbons (Fsp3) is 0.429. The van der Waals surface area contributed by atoms with Crippen LogP contribution in [0.2, 0.25) is 0 Å². The van der Waals surface area contributed by atoms with Gasteiger partial charge in [0, 0.05) is 6.42 Å². The molecule has 0 spiro atoms. The molecule has 0 aliphatic heterocycles. The third kappa shape index (κ3) is 3.87. The van der Waals surface area contributed by atoms with Gasteiger partial charge in [0.1, 0.15) is 0 Å². The summed E-state index contributed by atoms with van der Waals surface area (Å²) in [5.74, 6) is -0.844. The molecule has 1 atom stereocenters. The Labute approximate surface area is 107 Å². The summed E-state index contributed by atoms with van der Waals surface area (Å²) in [5, 5.41) is 0. The van der Waals surface area contributed by atoms with Crippen LogP contribution in [0, 0.1) is 0 Å². The number of amides is 2. The van der Waals surface area contributed by atoms with Gasteiger partial charge in [-0.15, -0.1) is 0 Å². The van der Waals surface area contributed by atoms with E-state index in [9.17, 15) is 9.59 Å². The van der Waals surface area contributed by atoms with E-state index < -0.39 is 17.7 Å². The van der Waals surface area contributed by atoms with Crippen molar-refractivity contribution in [1.82, 2.24) is 0 Å². The van der Waals surface area contributed by atoms with E-state index in [0.29, 0.717) is 12.3 Å². The highest BCUT2D eigenvalue weighted by molar-refractivity contribution is 5.83. The van der Waals surface area contributed by atoms with Gasteiger partial charge in [0.2, 0.25) is 11.8 Å². The van der Waals surface area contributed by atoms with Crippen LogP contribution in [-0.2, 0) is 9.59 Å². The highest BCUT2D eigenvalue weighted by atomic mass is 16.1. The fourth-order valence-electron chi connectivity index (χ4n) is 1.87. The zero-order valence-electron chi connectivity index (χ0n) is 10.8. The maximum atomic E-state index is 11.4. The highest BCUT2D eigenvalue weighted by Gasteiger charge is 2.18. The van der Waals surface area contributed by atoms with Crippen molar-refractivity contribution in [2.45, 2.75) is 38.5 Å². The Hall–Kier alpha value is -1.84. The summed E-state index contributed by atoms with van der Waals surface area (Å²) in [4.78, 5) is 22.2. The van der Waals surface area contributed by atoms with E-state index in [1.807, 2.05) is 24.3 Å². The van der Waals surface area contributed by atoms with Gasteiger partial charge >= 0.3 is 0 Å². The zero-order valence-corrected chi connectivity index (χ0v) is 10.8. The second kappa shape index (κ2) is 6.19. The van der Waals surface area contributed by atoms with Crippen molar-refractivity contribution in [3.05, 3.63) is 35.4 Å². The van der Waals surface area contributed by atoms with Crippen molar-refractivity contribution < 1.29 is 9.59 Å². The molecule has 0 saturated heterocycles. The van der Waals surface area contributed by atoms with E-state index >= 15 is 0 Å². The normalized spacial score (nSPS) is 12.4. The van der Waals surface area contributed by atoms with Crippen molar-refractivity contribution in [2.24, 2.45) is 11.5 Å². The van der Waals surface area contributed by atoms with Crippen molar-refractivity contribution in [3.8, 4) is 0 Å². The first-order valence-corrected chi connectivity index (χ1v) is 6.09. The molecule has 4 nitrogen and oxygen atoms in total. The van der Waals surface area contributed by atoms with E-state index in [0.717, 1.165) is 5.56 Å². The van der Waals surface area contributed by atoms with Crippen LogP contribution in [0.4, 0.5) is 0 Å². The predicted octanol–water partition coefficient (Wildman–Crippen LogP) is 1.64. The largest absolute Gasteiger partial charge is 0.370 e. The molecule has 4 heteroatoms. The molecule has 0 fully saturated rings. The quantitative estimate of drug-likeness (QED) is 0.801. The molecule has 0 saturated carbocycles. The first kappa shape index (κ1) is 14.2. The Morgan fingerprint density at radius 3 is 1.94 bits per heavy atom. The minimum Gasteiger partial charge on any atom is -0.370 e. The Balaban J connectivity index is 2.85. The molecule has 98 valence electrons. The van der Waals surface area contributed by atoms with E-state index in [1.165, 1.54) is 5.56 Å². The SMILES string of the molecule is CC(C)c1ccc(C(CCC(N)=O)C(N)=O)cc1. The molecular formula is C14H20N2O2. The third-order valence-corrected chi connectivity index (χ3v) is 3.03. The van der Waals surface area contributed by atoms with E-state index in [1.54, 1.807) is 0 Å². The Kier molecular flexibility index (Phi) is 4.89. The highest BCUT2D eigenvalue weighted by Crippen LogP contribution is 2.23. The molecule has 1 unspecified atom stereocenters. The summed E-state index contributed by atoms with van der Waals surface area (Å²) < 4.78 is 0. The molecule has 1 aromatic carbocycles. The maximum Gasteiger partial charge on any atom is 0.224 e. The van der Waals surface area contributed by atoms with Crippen molar-refractivity contribution in [2.75, 3.05) is 0 Å². The van der Waals surface area contributed by atoms with Gasteiger partial charge in [-0.3, -0.25) is 9.59 Å². The molecule has 0 aliphatic carbocycles. The van der Waals surface area contributed by atoms with Crippen LogP contribution in [0.15, 0.2) is 24.3 Å². The summed E-state index contributed by atoms with van der Waals surface area (Å²) in [6, 6.07) is 7.76. The second-order valence-electron chi connectivity index (χ2n) is 4.78. The Morgan fingerprint density at radius 1 is 1.06 bits per heavy atom. The Morgan fingerprint density at radius 2 is 1.56 bits per heavy atom. The number of hydrogen-bond donors (Lipinski definition) is 2. The lowest BCUT2D eigenvalue weighted by molar-refractivity contribution is -0.120. The average Bonchev–Trinajstić information content (AvgIpc) is 2.29. The molecular weight excluding hydrogens is 228 g/mol. The number of benzene rings is 1. The van der Waals surface area contributed by atoms with Crippen molar-refractivity contribution >= 4 is 11.8 Å². The fourth-order valence-corrected chi connectivity index (χ4v) is 1.87. The van der Waals surface area contributed by atoms with Gasteiger partial charge in [0.05, 0.1) is 5.92 Å². The number of nitrogens with two attached hydrogens (primary N) is 2. The molecule has 0 aliphatic rings. The smallest absolute Gasteiger partial charge is 0.224 e. The Bertz CT molecular complexity index is 424. The monoisotopic (exact) mass is 248 g/mol. The van der Waals surface area contributed by atoms with Crippen molar-refractivity contribution in [3.63, 3.8) is 0 Å². The molecule has 0 radical (unpaired) electrons. The summed E-state index contributed by atoms with van der Waals surface area (Å²) in [5.41, 5.74) is 12.5. The molecule has 0 heterocycles. The van der Waals surface area contributed by atoms with Gasteiger partial charge in [-0.2, -0.15) is 0 Å². The third-order valence-electron chi connectivity index (χ3n) is 3.03. The maximum absolute atomic E-state index is 11.4. The van der Waals surface area contributed by atoms with Gasteiger partial charge in [-0.1, -0.05) is 38.1 Å². The van der Waals surface area contributed by atoms with Gasteiger partial charge in [0.25, 0.3) is 0 Å². The summed E-state index contributed by atoms with van der Waals surface area (Å²) in [6.07, 6.45) is 0.533. The van der Waals surface area contributed by atoms with E-state index in [4.69, 9.17) is 11.5 Å². The molecule has 1 aromatic rings. The molecule has 4 N–H and O–H groups in total. The topological polar surface area (TPSA) is 86.2 Å². The standard InChI is InChI=1S/C14H20N2O2/c1-9(2)10-3-5-11(6-4-10)12(14(16)18)7-8-13(15)17/h3-6,9,12H,7-8H2,1-2H3,(H2,15,17)(H2,16,18). The summed E-state index contributed by atoms with van der Waals surface area (Å²) >= 11 is 0. The average molecular weight is 248 g/mol. The first-order valence-electron chi connectivity index (χ1n) is 6.09. The van der Waals surface area contributed by atoms with Crippen LogP contribution in [-0.4, -0.2) is 11.8 Å². The second-order valence-corrected chi connectivity index (χ2v) is 4.78. The lowest BCUT2D eigenvalue weighted by atomic mass is 9.91. The number of carbonyl (C=O) groups is 2. The molecule has 0 bridgehead atoms. The van der Waals surface area contributed by atoms with E-state index in [-0.39, 0.29) is 6.42 Å². The van der Waals surface area contributed by atoms with Crippen LogP contribution >= 0.6 is 0 Å². The van der Waals surface area contributed by atoms with Gasteiger partial charge in [-0.25, -0.2) is 0 Å². The van der Waals surface area contributed by atoms with Crippen LogP contribution < -0.4 is 11.5 Å².